The summed E-state index contributed by atoms with van der Waals surface area (Å²) in [6.07, 6.45) is 2.04. The van der Waals surface area contributed by atoms with Crippen LogP contribution in [0, 0.1) is 22.7 Å². The third-order valence-electron chi connectivity index (χ3n) is 5.77. The van der Waals surface area contributed by atoms with Crippen molar-refractivity contribution in [2.45, 2.75) is 0 Å². The summed E-state index contributed by atoms with van der Waals surface area (Å²) in [6.45, 7) is 0. The highest BCUT2D eigenvalue weighted by Crippen LogP contribution is 2.36. The third kappa shape index (κ3) is 2.59. The molecule has 2 aromatic heterocycles. The molecule has 6 rings (SSSR count). The molecule has 0 atom stereocenters. The maximum atomic E-state index is 9.48. The van der Waals surface area contributed by atoms with Crippen LogP contribution in [0.4, 0.5) is 0 Å². The highest BCUT2D eigenvalue weighted by Gasteiger charge is 2.17. The molecule has 0 bridgehead atoms. The van der Waals surface area contributed by atoms with Crippen molar-refractivity contribution >= 4 is 32.7 Å². The fourth-order valence-electron chi connectivity index (χ4n) is 4.40. The van der Waals surface area contributed by atoms with Crippen molar-refractivity contribution in [1.82, 2.24) is 14.3 Å². The van der Waals surface area contributed by atoms with E-state index in [9.17, 15) is 10.5 Å². The molecule has 0 unspecified atom stereocenters. The Morgan fingerprint density at radius 1 is 0.688 bits per heavy atom. The molecule has 0 aliphatic heterocycles. The van der Waals surface area contributed by atoms with E-state index >= 15 is 0 Å². The van der Waals surface area contributed by atoms with Gasteiger partial charge in [-0.1, -0.05) is 36.4 Å². The van der Waals surface area contributed by atoms with E-state index in [1.165, 1.54) is 0 Å². The molecule has 0 saturated carbocycles. The van der Waals surface area contributed by atoms with Crippen molar-refractivity contribution in [3.63, 3.8) is 0 Å². The van der Waals surface area contributed by atoms with E-state index in [2.05, 4.69) is 41.0 Å². The lowest BCUT2D eigenvalue weighted by atomic mass is 10.1. The molecule has 4 aromatic carbocycles. The van der Waals surface area contributed by atoms with Crippen LogP contribution < -0.4 is 0 Å². The summed E-state index contributed by atoms with van der Waals surface area (Å²) in [5.74, 6) is 0. The van der Waals surface area contributed by atoms with Crippen LogP contribution in [0.15, 0.2) is 91.1 Å². The van der Waals surface area contributed by atoms with Gasteiger partial charge in [-0.3, -0.25) is 0 Å². The Morgan fingerprint density at radius 2 is 1.41 bits per heavy atom. The van der Waals surface area contributed by atoms with Gasteiger partial charge >= 0.3 is 0 Å². The molecule has 5 nitrogen and oxygen atoms in total. The van der Waals surface area contributed by atoms with Crippen LogP contribution >= 0.6 is 0 Å². The molecule has 0 N–H and O–H groups in total. The lowest BCUT2D eigenvalue weighted by Crippen LogP contribution is -1.96. The van der Waals surface area contributed by atoms with Gasteiger partial charge in [0.25, 0.3) is 0 Å². The fourth-order valence-corrected chi connectivity index (χ4v) is 4.40. The number of rotatable bonds is 2. The lowest BCUT2D eigenvalue weighted by Gasteiger charge is -2.09. The Kier molecular flexibility index (Phi) is 3.83. The number of hydrogen-bond donors (Lipinski definition) is 0. The van der Waals surface area contributed by atoms with E-state index in [1.807, 2.05) is 65.5 Å². The largest absolute Gasteiger partial charge is 0.309 e. The molecule has 0 amide bonds. The molecule has 0 spiro atoms. The number of nitrogens with zero attached hydrogens (tertiary/aromatic N) is 5. The Morgan fingerprint density at radius 3 is 2.16 bits per heavy atom. The highest BCUT2D eigenvalue weighted by atomic mass is 15.3. The first-order valence-corrected chi connectivity index (χ1v) is 10.2. The minimum absolute atomic E-state index is 0.458. The van der Waals surface area contributed by atoms with Gasteiger partial charge in [-0.05, 0) is 48.5 Å². The summed E-state index contributed by atoms with van der Waals surface area (Å²) < 4.78 is 4.01. The third-order valence-corrected chi connectivity index (χ3v) is 5.77. The first-order chi connectivity index (χ1) is 15.8. The van der Waals surface area contributed by atoms with E-state index in [4.69, 9.17) is 5.10 Å². The zero-order valence-corrected chi connectivity index (χ0v) is 16.9. The first kappa shape index (κ1) is 17.9. The van der Waals surface area contributed by atoms with Gasteiger partial charge in [-0.2, -0.15) is 15.6 Å². The molecular weight excluding hydrogens is 394 g/mol. The van der Waals surface area contributed by atoms with Gasteiger partial charge in [0.05, 0.1) is 40.0 Å². The monoisotopic (exact) mass is 409 g/mol. The number of benzene rings is 4. The summed E-state index contributed by atoms with van der Waals surface area (Å²) in [4.78, 5) is 0. The molecule has 0 aliphatic carbocycles. The van der Waals surface area contributed by atoms with E-state index < -0.39 is 0 Å². The average molecular weight is 409 g/mol. The van der Waals surface area contributed by atoms with Crippen LogP contribution in [0.5, 0.6) is 0 Å². The van der Waals surface area contributed by atoms with Crippen molar-refractivity contribution in [2.24, 2.45) is 0 Å². The van der Waals surface area contributed by atoms with Crippen LogP contribution in [0.25, 0.3) is 44.1 Å². The molecule has 2 heterocycles. The van der Waals surface area contributed by atoms with Crippen LogP contribution in [0.3, 0.4) is 0 Å². The predicted molar refractivity (Wildman–Crippen MR) is 125 cm³/mol. The number of fused-ring (bicyclic) bond motifs is 5. The second kappa shape index (κ2) is 6.84. The Balaban J connectivity index is 1.73. The molecule has 0 fully saturated rings. The molecule has 0 aliphatic rings. The van der Waals surface area contributed by atoms with Gasteiger partial charge in [0.2, 0.25) is 0 Å². The van der Waals surface area contributed by atoms with Gasteiger partial charge in [0.15, 0.2) is 0 Å². The second-order valence-electron chi connectivity index (χ2n) is 7.65. The maximum Gasteiger partial charge on any atom is 0.103 e. The van der Waals surface area contributed by atoms with E-state index in [1.54, 1.807) is 6.07 Å². The predicted octanol–water partition coefficient (Wildman–Crippen LogP) is 5.87. The van der Waals surface area contributed by atoms with Crippen LogP contribution in [-0.4, -0.2) is 14.3 Å². The van der Waals surface area contributed by atoms with Gasteiger partial charge in [0, 0.05) is 28.0 Å². The summed E-state index contributed by atoms with van der Waals surface area (Å²) in [6, 6.07) is 32.0. The molecule has 148 valence electrons. The summed E-state index contributed by atoms with van der Waals surface area (Å²) >= 11 is 0. The topological polar surface area (TPSA) is 70.3 Å². The van der Waals surface area contributed by atoms with E-state index in [0.29, 0.717) is 11.1 Å². The first-order valence-electron chi connectivity index (χ1n) is 10.2. The number of para-hydroxylation sites is 2. The SMILES string of the molecule is N#Cc1cc(C#N)cc(-n2c3ccccc3c3c4nn(-c5ccccc5)cc4ccc32)c1. The zero-order chi connectivity index (χ0) is 21.7. The van der Waals surface area contributed by atoms with E-state index in [0.717, 1.165) is 44.1 Å². The fraction of sp³-hybridized carbons (Fsp3) is 0. The summed E-state index contributed by atoms with van der Waals surface area (Å²) in [5, 5.41) is 27.1. The van der Waals surface area contributed by atoms with Crippen molar-refractivity contribution in [1.29, 1.82) is 10.5 Å². The molecule has 5 heteroatoms. The van der Waals surface area contributed by atoms with Crippen molar-refractivity contribution in [3.05, 3.63) is 102 Å². The zero-order valence-electron chi connectivity index (χ0n) is 16.9. The Labute approximate surface area is 183 Å². The second-order valence-corrected chi connectivity index (χ2v) is 7.65. The maximum absolute atomic E-state index is 9.48. The van der Waals surface area contributed by atoms with Crippen LogP contribution in [0.1, 0.15) is 11.1 Å². The Hall–Kier alpha value is -4.87. The van der Waals surface area contributed by atoms with Crippen LogP contribution in [-0.2, 0) is 0 Å². The van der Waals surface area contributed by atoms with Gasteiger partial charge in [-0.15, -0.1) is 0 Å². The highest BCUT2D eigenvalue weighted by molar-refractivity contribution is 6.20. The minimum atomic E-state index is 0.458. The number of hydrogen-bond acceptors (Lipinski definition) is 3. The lowest BCUT2D eigenvalue weighted by molar-refractivity contribution is 0.898. The molecule has 6 aromatic rings. The molecular formula is C27H15N5. The van der Waals surface area contributed by atoms with Crippen molar-refractivity contribution in [2.75, 3.05) is 0 Å². The van der Waals surface area contributed by atoms with Gasteiger partial charge in [-0.25, -0.2) is 4.68 Å². The quantitative estimate of drug-likeness (QED) is 0.359. The molecule has 32 heavy (non-hydrogen) atoms. The number of nitriles is 2. The summed E-state index contributed by atoms with van der Waals surface area (Å²) in [7, 11) is 0. The smallest absolute Gasteiger partial charge is 0.103 e. The van der Waals surface area contributed by atoms with Crippen molar-refractivity contribution < 1.29 is 0 Å². The molecule has 0 radical (unpaired) electrons. The van der Waals surface area contributed by atoms with Gasteiger partial charge in [0.1, 0.15) is 5.52 Å². The minimum Gasteiger partial charge on any atom is -0.309 e. The normalized spacial score (nSPS) is 11.1. The van der Waals surface area contributed by atoms with Gasteiger partial charge < -0.3 is 4.57 Å². The van der Waals surface area contributed by atoms with Crippen LogP contribution in [0.2, 0.25) is 0 Å². The average Bonchev–Trinajstić information content (AvgIpc) is 3.43. The molecule has 0 saturated heterocycles. The Bertz CT molecular complexity index is 1710. The van der Waals surface area contributed by atoms with Crippen molar-refractivity contribution in [3.8, 4) is 23.5 Å². The van der Waals surface area contributed by atoms with E-state index in [-0.39, 0.29) is 0 Å². The standard InChI is InChI=1S/C27H15N5/c28-15-18-12-19(16-29)14-22(13-18)32-24-9-5-4-8-23(24)26-25(32)11-10-20-17-31(30-27(20)26)21-6-2-1-3-7-21/h1-14,17H. The summed E-state index contributed by atoms with van der Waals surface area (Å²) in [5.41, 5.74) is 5.60. The number of aromatic nitrogens is 3.